The molecule has 6 rings (SSSR count). The second-order valence-corrected chi connectivity index (χ2v) is 8.25. The Morgan fingerprint density at radius 2 is 1.35 bits per heavy atom. The van der Waals surface area contributed by atoms with Crippen molar-refractivity contribution in [2.45, 2.75) is 12.3 Å². The lowest BCUT2D eigenvalue weighted by atomic mass is 9.64. The van der Waals surface area contributed by atoms with Crippen molar-refractivity contribution in [3.63, 3.8) is 0 Å². The number of hydrogen-bond acceptors (Lipinski definition) is 1. The van der Waals surface area contributed by atoms with Gasteiger partial charge in [-0.2, -0.15) is 0 Å². The van der Waals surface area contributed by atoms with Crippen LogP contribution in [0.2, 0.25) is 0 Å². The lowest BCUT2D eigenvalue weighted by molar-refractivity contribution is 0.747. The van der Waals surface area contributed by atoms with Crippen LogP contribution in [0.1, 0.15) is 29.2 Å². The lowest BCUT2D eigenvalue weighted by Crippen LogP contribution is -2.36. The summed E-state index contributed by atoms with van der Waals surface area (Å²) in [5, 5.41) is 0. The molecule has 4 aromatic rings. The van der Waals surface area contributed by atoms with Gasteiger partial charge in [0, 0.05) is 11.3 Å². The summed E-state index contributed by atoms with van der Waals surface area (Å²) in [7, 11) is 0. The Kier molecular flexibility index (Phi) is 3.82. The molecule has 0 N–H and O–H groups in total. The number of rotatable bonds is 3. The topological polar surface area (TPSA) is 3.24 Å². The van der Waals surface area contributed by atoms with Gasteiger partial charge in [-0.3, -0.25) is 0 Å². The first-order valence-electron chi connectivity index (χ1n) is 10.8. The molecule has 148 valence electrons. The minimum atomic E-state index is -0.360. The Balaban J connectivity index is 1.81. The van der Waals surface area contributed by atoms with Crippen molar-refractivity contribution in [2.24, 2.45) is 0 Å². The number of fused-ring (bicyclic) bond motifs is 2. The third-order valence-corrected chi connectivity index (χ3v) is 6.84. The Bertz CT molecular complexity index is 1350. The maximum absolute atomic E-state index is 4.28. The molecular formula is C30H23N. The molecule has 1 nitrogen and oxygen atoms in total. The number of hydrogen-bond donors (Lipinski definition) is 0. The highest BCUT2D eigenvalue weighted by atomic mass is 15.2. The minimum Gasteiger partial charge on any atom is -0.310 e. The van der Waals surface area contributed by atoms with Gasteiger partial charge in [0.15, 0.2) is 0 Å². The smallest absolute Gasteiger partial charge is 0.0750 e. The third-order valence-electron chi connectivity index (χ3n) is 6.84. The van der Waals surface area contributed by atoms with Crippen molar-refractivity contribution in [1.29, 1.82) is 0 Å². The van der Waals surface area contributed by atoms with E-state index in [9.17, 15) is 0 Å². The molecule has 0 aromatic heterocycles. The summed E-state index contributed by atoms with van der Waals surface area (Å²) >= 11 is 0. The first-order valence-corrected chi connectivity index (χ1v) is 10.8. The third kappa shape index (κ3) is 2.21. The van der Waals surface area contributed by atoms with Gasteiger partial charge >= 0.3 is 0 Å². The number of anilines is 3. The van der Waals surface area contributed by atoms with Gasteiger partial charge in [-0.05, 0) is 59.0 Å². The highest BCUT2D eigenvalue weighted by molar-refractivity contribution is 5.98. The van der Waals surface area contributed by atoms with Gasteiger partial charge in [-0.1, -0.05) is 91.5 Å². The first-order chi connectivity index (χ1) is 15.3. The summed E-state index contributed by atoms with van der Waals surface area (Å²) in [6.45, 7) is 6.52. The van der Waals surface area contributed by atoms with E-state index in [-0.39, 0.29) is 5.41 Å². The fourth-order valence-electron chi connectivity index (χ4n) is 5.69. The summed E-state index contributed by atoms with van der Waals surface area (Å²) in [6, 6.07) is 37.1. The maximum Gasteiger partial charge on any atom is 0.0750 e. The SMILES string of the molecule is C=CC1=C(C)c2cccc3c2C1(c1ccccc1)c1ccccc1N3c1ccccc1. The summed E-state index contributed by atoms with van der Waals surface area (Å²) in [5.74, 6) is 0. The summed E-state index contributed by atoms with van der Waals surface area (Å²) in [5.41, 5.74) is 11.1. The first kappa shape index (κ1) is 18.0. The predicted octanol–water partition coefficient (Wildman–Crippen LogP) is 7.78. The molecule has 0 saturated heterocycles. The molecule has 1 heterocycles. The van der Waals surface area contributed by atoms with Crippen molar-refractivity contribution in [3.05, 3.63) is 144 Å². The van der Waals surface area contributed by atoms with Gasteiger partial charge in [-0.15, -0.1) is 0 Å². The number of para-hydroxylation sites is 2. The second-order valence-electron chi connectivity index (χ2n) is 8.25. The Labute approximate surface area is 183 Å². The van der Waals surface area contributed by atoms with Crippen LogP contribution in [0.3, 0.4) is 0 Å². The van der Waals surface area contributed by atoms with Crippen LogP contribution in [0.5, 0.6) is 0 Å². The van der Waals surface area contributed by atoms with Gasteiger partial charge < -0.3 is 4.90 Å². The van der Waals surface area contributed by atoms with Crippen LogP contribution < -0.4 is 4.90 Å². The van der Waals surface area contributed by atoms with Gasteiger partial charge in [0.2, 0.25) is 0 Å². The van der Waals surface area contributed by atoms with E-state index in [2.05, 4.69) is 128 Å². The van der Waals surface area contributed by atoms with Gasteiger partial charge in [-0.25, -0.2) is 0 Å². The van der Waals surface area contributed by atoms with E-state index in [1.807, 2.05) is 0 Å². The van der Waals surface area contributed by atoms with Crippen LogP contribution in [-0.4, -0.2) is 0 Å². The molecule has 1 aliphatic heterocycles. The van der Waals surface area contributed by atoms with Crippen LogP contribution in [-0.2, 0) is 5.41 Å². The zero-order chi connectivity index (χ0) is 21.0. The van der Waals surface area contributed by atoms with E-state index >= 15 is 0 Å². The molecule has 1 aliphatic carbocycles. The molecule has 0 fully saturated rings. The van der Waals surface area contributed by atoms with Crippen LogP contribution in [0.4, 0.5) is 17.1 Å². The average molecular weight is 398 g/mol. The molecule has 4 aromatic carbocycles. The lowest BCUT2D eigenvalue weighted by Gasteiger charge is -2.45. The summed E-state index contributed by atoms with van der Waals surface area (Å²) < 4.78 is 0. The normalized spacial score (nSPS) is 18.5. The molecule has 0 spiro atoms. The number of benzene rings is 4. The zero-order valence-corrected chi connectivity index (χ0v) is 17.5. The number of nitrogens with zero attached hydrogens (tertiary/aromatic N) is 1. The maximum atomic E-state index is 4.28. The van der Waals surface area contributed by atoms with E-state index in [1.54, 1.807) is 0 Å². The van der Waals surface area contributed by atoms with E-state index in [0.717, 1.165) is 0 Å². The molecule has 0 radical (unpaired) electrons. The zero-order valence-electron chi connectivity index (χ0n) is 17.5. The second kappa shape index (κ2) is 6.58. The van der Waals surface area contributed by atoms with E-state index in [0.29, 0.717) is 0 Å². The highest BCUT2D eigenvalue weighted by Gasteiger charge is 2.51. The highest BCUT2D eigenvalue weighted by Crippen LogP contribution is 2.63. The fourth-order valence-corrected chi connectivity index (χ4v) is 5.69. The van der Waals surface area contributed by atoms with Crippen molar-refractivity contribution in [1.82, 2.24) is 0 Å². The molecular weight excluding hydrogens is 374 g/mol. The quantitative estimate of drug-likeness (QED) is 0.341. The summed E-state index contributed by atoms with van der Waals surface area (Å²) in [4.78, 5) is 2.41. The van der Waals surface area contributed by atoms with Gasteiger partial charge in [0.05, 0.1) is 16.8 Å². The minimum absolute atomic E-state index is 0.360. The molecule has 31 heavy (non-hydrogen) atoms. The monoisotopic (exact) mass is 397 g/mol. The molecule has 1 heteroatoms. The van der Waals surface area contributed by atoms with Crippen LogP contribution in [0, 0.1) is 0 Å². The van der Waals surface area contributed by atoms with E-state index in [1.165, 1.54) is 50.5 Å². The molecule has 1 atom stereocenters. The van der Waals surface area contributed by atoms with Crippen LogP contribution in [0.25, 0.3) is 5.57 Å². The summed E-state index contributed by atoms with van der Waals surface area (Å²) in [6.07, 6.45) is 2.07. The molecule has 1 unspecified atom stereocenters. The van der Waals surface area contributed by atoms with E-state index < -0.39 is 0 Å². The standard InChI is InChI=1S/C30H23N/c1-3-25-21(2)24-17-12-20-28-29(24)30(25,22-13-6-4-7-14-22)26-18-10-11-19-27(26)31(28)23-15-8-5-9-16-23/h3-20H,1H2,2H3. The van der Waals surface area contributed by atoms with E-state index in [4.69, 9.17) is 0 Å². The van der Waals surface area contributed by atoms with Crippen molar-refractivity contribution >= 4 is 22.6 Å². The van der Waals surface area contributed by atoms with Crippen LogP contribution in [0.15, 0.2) is 121 Å². The van der Waals surface area contributed by atoms with Crippen LogP contribution >= 0.6 is 0 Å². The molecule has 0 bridgehead atoms. The van der Waals surface area contributed by atoms with Crippen molar-refractivity contribution < 1.29 is 0 Å². The average Bonchev–Trinajstić information content (AvgIpc) is 3.10. The largest absolute Gasteiger partial charge is 0.310 e. The molecule has 0 amide bonds. The number of allylic oxidation sites excluding steroid dienone is 3. The Morgan fingerprint density at radius 1 is 0.710 bits per heavy atom. The Morgan fingerprint density at radius 3 is 2.10 bits per heavy atom. The van der Waals surface area contributed by atoms with Crippen molar-refractivity contribution in [3.8, 4) is 0 Å². The van der Waals surface area contributed by atoms with Gasteiger partial charge in [0.25, 0.3) is 0 Å². The fraction of sp³-hybridized carbons (Fsp3) is 0.0667. The Hall–Kier alpha value is -3.84. The molecule has 0 saturated carbocycles. The van der Waals surface area contributed by atoms with Gasteiger partial charge in [0.1, 0.15) is 0 Å². The predicted molar refractivity (Wildman–Crippen MR) is 130 cm³/mol. The van der Waals surface area contributed by atoms with Crippen molar-refractivity contribution in [2.75, 3.05) is 4.90 Å². The molecule has 2 aliphatic rings.